The monoisotopic (exact) mass is 342 g/mol. The van der Waals surface area contributed by atoms with Crippen molar-refractivity contribution in [1.82, 2.24) is 5.32 Å². The maximum Gasteiger partial charge on any atom is 0.331 e. The lowest BCUT2D eigenvalue weighted by Gasteiger charge is -2.31. The summed E-state index contributed by atoms with van der Waals surface area (Å²) in [5, 5.41) is 12.0. The molecular formula is C19H22N2O4. The number of amides is 1. The van der Waals surface area contributed by atoms with Crippen molar-refractivity contribution in [2.75, 3.05) is 13.7 Å². The van der Waals surface area contributed by atoms with Crippen LogP contribution in [-0.4, -0.2) is 31.1 Å². The fourth-order valence-electron chi connectivity index (χ4n) is 2.87. The lowest BCUT2D eigenvalue weighted by molar-refractivity contribution is -0.144. The number of carbonyl (C=O) groups is 2. The average Bonchev–Trinajstić information content (AvgIpc) is 2.65. The summed E-state index contributed by atoms with van der Waals surface area (Å²) in [7, 11) is 1.55. The first-order valence-corrected chi connectivity index (χ1v) is 8.29. The highest BCUT2D eigenvalue weighted by Gasteiger charge is 2.33. The summed E-state index contributed by atoms with van der Waals surface area (Å²) in [5.74, 6) is -0.448. The molecule has 1 aliphatic carbocycles. The molecule has 1 saturated carbocycles. The normalized spacial score (nSPS) is 16.0. The zero-order valence-corrected chi connectivity index (χ0v) is 14.3. The van der Waals surface area contributed by atoms with E-state index in [4.69, 9.17) is 9.47 Å². The van der Waals surface area contributed by atoms with Crippen molar-refractivity contribution in [3.8, 4) is 11.8 Å². The molecule has 0 radical (unpaired) electrons. The predicted molar refractivity (Wildman–Crippen MR) is 92.6 cm³/mol. The predicted octanol–water partition coefficient (Wildman–Crippen LogP) is 2.59. The third-order valence-corrected chi connectivity index (χ3v) is 4.18. The molecule has 0 aliphatic heterocycles. The molecule has 0 heterocycles. The van der Waals surface area contributed by atoms with Crippen molar-refractivity contribution in [2.45, 2.75) is 37.6 Å². The van der Waals surface area contributed by atoms with Gasteiger partial charge in [-0.05, 0) is 25.0 Å². The average molecular weight is 342 g/mol. The van der Waals surface area contributed by atoms with Crippen LogP contribution in [0.5, 0.6) is 5.75 Å². The summed E-state index contributed by atoms with van der Waals surface area (Å²) >= 11 is 0. The van der Waals surface area contributed by atoms with E-state index in [-0.39, 0.29) is 0 Å². The number of nitrogens with one attached hydrogen (secondary N) is 1. The molecule has 0 saturated heterocycles. The van der Waals surface area contributed by atoms with Crippen LogP contribution in [0.3, 0.4) is 0 Å². The van der Waals surface area contributed by atoms with E-state index in [9.17, 15) is 14.9 Å². The van der Waals surface area contributed by atoms with Crippen LogP contribution in [0.15, 0.2) is 30.3 Å². The van der Waals surface area contributed by atoms with Crippen LogP contribution in [0.1, 0.15) is 37.7 Å². The van der Waals surface area contributed by atoms with Gasteiger partial charge in [0.25, 0.3) is 5.91 Å². The van der Waals surface area contributed by atoms with Gasteiger partial charge in [0.1, 0.15) is 11.3 Å². The highest BCUT2D eigenvalue weighted by molar-refractivity contribution is 5.89. The molecular weight excluding hydrogens is 320 g/mol. The molecule has 0 atom stereocenters. The van der Waals surface area contributed by atoms with E-state index in [1.165, 1.54) is 6.08 Å². The van der Waals surface area contributed by atoms with Gasteiger partial charge in [-0.1, -0.05) is 37.5 Å². The van der Waals surface area contributed by atoms with Crippen molar-refractivity contribution in [1.29, 1.82) is 5.26 Å². The summed E-state index contributed by atoms with van der Waals surface area (Å²) in [6.45, 7) is -0.404. The van der Waals surface area contributed by atoms with E-state index >= 15 is 0 Å². The summed E-state index contributed by atoms with van der Waals surface area (Å²) in [6.07, 6.45) is 6.98. The first-order valence-electron chi connectivity index (χ1n) is 8.29. The molecule has 1 aromatic rings. The molecule has 0 bridgehead atoms. The minimum absolute atomic E-state index is 0.404. The first kappa shape index (κ1) is 18.5. The number of hydrogen-bond acceptors (Lipinski definition) is 5. The Morgan fingerprint density at radius 2 is 2.00 bits per heavy atom. The van der Waals surface area contributed by atoms with Gasteiger partial charge in [-0.15, -0.1) is 0 Å². The molecule has 1 N–H and O–H groups in total. The Morgan fingerprint density at radius 1 is 1.28 bits per heavy atom. The number of nitrogens with zero attached hydrogens (tertiary/aromatic N) is 1. The third kappa shape index (κ3) is 5.35. The number of ether oxygens (including phenoxy) is 2. The number of nitriles is 1. The molecule has 2 rings (SSSR count). The van der Waals surface area contributed by atoms with Crippen LogP contribution in [0.25, 0.3) is 6.08 Å². The van der Waals surface area contributed by atoms with E-state index in [0.29, 0.717) is 18.6 Å². The van der Waals surface area contributed by atoms with Gasteiger partial charge < -0.3 is 14.8 Å². The van der Waals surface area contributed by atoms with Crippen molar-refractivity contribution in [2.24, 2.45) is 0 Å². The summed E-state index contributed by atoms with van der Waals surface area (Å²) < 4.78 is 10.1. The van der Waals surface area contributed by atoms with Crippen molar-refractivity contribution >= 4 is 18.0 Å². The molecule has 1 aromatic carbocycles. The number of methoxy groups -OCH3 is 1. The number of para-hydroxylation sites is 1. The molecule has 132 valence electrons. The Labute approximate surface area is 147 Å². The third-order valence-electron chi connectivity index (χ3n) is 4.18. The van der Waals surface area contributed by atoms with Gasteiger partial charge in [0.2, 0.25) is 0 Å². The van der Waals surface area contributed by atoms with Crippen molar-refractivity contribution in [3.05, 3.63) is 35.9 Å². The summed E-state index contributed by atoms with van der Waals surface area (Å²) in [6, 6.07) is 9.43. The molecule has 25 heavy (non-hydrogen) atoms. The van der Waals surface area contributed by atoms with Gasteiger partial charge in [-0.2, -0.15) is 5.26 Å². The summed E-state index contributed by atoms with van der Waals surface area (Å²) in [4.78, 5) is 23.7. The smallest absolute Gasteiger partial charge is 0.331 e. The standard InChI is InChI=1S/C19H22N2O4/c1-24-16-8-4-3-7-15(16)9-10-18(23)25-13-17(22)21-19(14-20)11-5-2-6-12-19/h3-4,7-10H,2,5-6,11-13H2,1H3,(H,21,22)/b10-9+. The largest absolute Gasteiger partial charge is 0.496 e. The Kier molecular flexibility index (Phi) is 6.58. The van der Waals surface area contributed by atoms with Gasteiger partial charge >= 0.3 is 5.97 Å². The van der Waals surface area contributed by atoms with Gasteiger partial charge in [0.15, 0.2) is 6.61 Å². The lowest BCUT2D eigenvalue weighted by Crippen LogP contribution is -2.49. The lowest BCUT2D eigenvalue weighted by atomic mass is 9.83. The minimum atomic E-state index is -0.824. The second-order valence-electron chi connectivity index (χ2n) is 5.99. The first-order chi connectivity index (χ1) is 12.1. The highest BCUT2D eigenvalue weighted by Crippen LogP contribution is 2.27. The SMILES string of the molecule is COc1ccccc1/C=C/C(=O)OCC(=O)NC1(C#N)CCCCC1. The highest BCUT2D eigenvalue weighted by atomic mass is 16.5. The topological polar surface area (TPSA) is 88.4 Å². The Bertz CT molecular complexity index is 685. The van der Waals surface area contributed by atoms with Crippen LogP contribution in [0.4, 0.5) is 0 Å². The molecule has 1 aliphatic rings. The second kappa shape index (κ2) is 8.88. The van der Waals surface area contributed by atoms with Crippen LogP contribution in [-0.2, 0) is 14.3 Å². The molecule has 1 amide bonds. The fourth-order valence-corrected chi connectivity index (χ4v) is 2.87. The zero-order chi connectivity index (χ0) is 18.1. The van der Waals surface area contributed by atoms with E-state index < -0.39 is 24.0 Å². The number of esters is 1. The van der Waals surface area contributed by atoms with E-state index in [0.717, 1.165) is 24.8 Å². The minimum Gasteiger partial charge on any atom is -0.496 e. The molecule has 0 aromatic heterocycles. The van der Waals surface area contributed by atoms with Crippen LogP contribution < -0.4 is 10.1 Å². The number of hydrogen-bond donors (Lipinski definition) is 1. The van der Waals surface area contributed by atoms with Crippen LogP contribution in [0, 0.1) is 11.3 Å². The van der Waals surface area contributed by atoms with Crippen molar-refractivity contribution in [3.63, 3.8) is 0 Å². The van der Waals surface area contributed by atoms with Gasteiger partial charge in [0, 0.05) is 11.6 Å². The molecule has 6 nitrogen and oxygen atoms in total. The van der Waals surface area contributed by atoms with Gasteiger partial charge in [0.05, 0.1) is 13.2 Å². The Balaban J connectivity index is 1.84. The van der Waals surface area contributed by atoms with E-state index in [1.54, 1.807) is 25.3 Å². The fraction of sp³-hybridized carbons (Fsp3) is 0.421. The molecule has 0 spiro atoms. The van der Waals surface area contributed by atoms with Gasteiger partial charge in [-0.25, -0.2) is 4.79 Å². The van der Waals surface area contributed by atoms with Crippen LogP contribution in [0.2, 0.25) is 0 Å². The molecule has 6 heteroatoms. The Morgan fingerprint density at radius 3 is 2.68 bits per heavy atom. The van der Waals surface area contributed by atoms with E-state index in [1.807, 2.05) is 12.1 Å². The van der Waals surface area contributed by atoms with Gasteiger partial charge in [-0.3, -0.25) is 4.79 Å². The maximum absolute atomic E-state index is 12.0. The van der Waals surface area contributed by atoms with E-state index in [2.05, 4.69) is 11.4 Å². The summed E-state index contributed by atoms with van der Waals surface area (Å²) in [5.41, 5.74) is -0.0910. The second-order valence-corrected chi connectivity index (χ2v) is 5.99. The number of rotatable bonds is 6. The number of benzene rings is 1. The number of carbonyl (C=O) groups excluding carboxylic acids is 2. The molecule has 1 fully saturated rings. The zero-order valence-electron chi connectivity index (χ0n) is 14.3. The maximum atomic E-state index is 12.0. The van der Waals surface area contributed by atoms with Crippen molar-refractivity contribution < 1.29 is 19.1 Å². The van der Waals surface area contributed by atoms with Crippen LogP contribution >= 0.6 is 0 Å². The Hall–Kier alpha value is -2.81. The molecule has 0 unspecified atom stereocenters. The quantitative estimate of drug-likeness (QED) is 0.634.